The Morgan fingerprint density at radius 1 is 1.16 bits per heavy atom. The van der Waals surface area contributed by atoms with Gasteiger partial charge in [0.05, 0.1) is 13.2 Å². The largest absolute Gasteiger partial charge is 0.493 e. The zero-order chi connectivity index (χ0) is 13.9. The number of rotatable bonds is 7. The van der Waals surface area contributed by atoms with Crippen molar-refractivity contribution in [1.82, 2.24) is 0 Å². The Hall–Kier alpha value is -1.53. The van der Waals surface area contributed by atoms with Crippen LogP contribution in [0.5, 0.6) is 5.75 Å². The van der Waals surface area contributed by atoms with Crippen LogP contribution in [0.25, 0.3) is 0 Å². The summed E-state index contributed by atoms with van der Waals surface area (Å²) in [6, 6.07) is 4.52. The van der Waals surface area contributed by atoms with Crippen molar-refractivity contribution in [1.29, 1.82) is 0 Å². The Balaban J connectivity index is 2.42. The van der Waals surface area contributed by atoms with E-state index in [9.17, 15) is 4.39 Å². The van der Waals surface area contributed by atoms with Crippen LogP contribution in [0.3, 0.4) is 0 Å². The number of benzene rings is 1. The van der Waals surface area contributed by atoms with E-state index in [4.69, 9.17) is 10.5 Å². The summed E-state index contributed by atoms with van der Waals surface area (Å²) in [6.07, 6.45) is 5.88. The Morgan fingerprint density at radius 2 is 1.95 bits per heavy atom. The minimum absolute atomic E-state index is 0.268. The first-order chi connectivity index (χ1) is 9.26. The molecule has 0 aliphatic rings. The molecule has 0 unspecified atom stereocenters. The molecule has 0 aliphatic carbocycles. The highest BCUT2D eigenvalue weighted by atomic mass is 19.1. The van der Waals surface area contributed by atoms with E-state index in [0.29, 0.717) is 17.9 Å². The molecule has 2 N–H and O–H groups in total. The van der Waals surface area contributed by atoms with Gasteiger partial charge in [-0.1, -0.05) is 44.4 Å². The minimum atomic E-state index is -0.329. The van der Waals surface area contributed by atoms with E-state index in [1.54, 1.807) is 6.07 Å². The maximum absolute atomic E-state index is 13.4. The van der Waals surface area contributed by atoms with Crippen molar-refractivity contribution in [3.8, 4) is 17.6 Å². The van der Waals surface area contributed by atoms with Crippen LogP contribution in [0.15, 0.2) is 18.2 Å². The number of hydrogen-bond donors (Lipinski definition) is 1. The van der Waals surface area contributed by atoms with E-state index in [0.717, 1.165) is 12.8 Å². The van der Waals surface area contributed by atoms with Gasteiger partial charge in [-0.25, -0.2) is 4.39 Å². The predicted molar refractivity (Wildman–Crippen MR) is 76.6 cm³/mol. The van der Waals surface area contributed by atoms with Crippen LogP contribution >= 0.6 is 0 Å². The summed E-state index contributed by atoms with van der Waals surface area (Å²) < 4.78 is 18.9. The van der Waals surface area contributed by atoms with Crippen molar-refractivity contribution in [2.75, 3.05) is 13.2 Å². The van der Waals surface area contributed by atoms with E-state index in [2.05, 4.69) is 18.8 Å². The lowest BCUT2D eigenvalue weighted by molar-refractivity contribution is 0.303. The van der Waals surface area contributed by atoms with E-state index in [-0.39, 0.29) is 12.4 Å². The molecule has 0 aromatic heterocycles. The molecule has 0 amide bonds. The van der Waals surface area contributed by atoms with Gasteiger partial charge in [-0.3, -0.25) is 0 Å². The molecule has 1 aromatic rings. The topological polar surface area (TPSA) is 35.2 Å². The van der Waals surface area contributed by atoms with Crippen molar-refractivity contribution >= 4 is 0 Å². The van der Waals surface area contributed by atoms with Gasteiger partial charge in [-0.2, -0.15) is 0 Å². The molecule has 0 heterocycles. The van der Waals surface area contributed by atoms with Crippen LogP contribution in [0.4, 0.5) is 4.39 Å². The summed E-state index contributed by atoms with van der Waals surface area (Å²) in [6.45, 7) is 3.08. The molecule has 0 atom stereocenters. The van der Waals surface area contributed by atoms with Crippen molar-refractivity contribution in [3.63, 3.8) is 0 Å². The normalized spacial score (nSPS) is 9.84. The van der Waals surface area contributed by atoms with E-state index >= 15 is 0 Å². The van der Waals surface area contributed by atoms with Crippen molar-refractivity contribution in [3.05, 3.63) is 29.6 Å². The smallest absolute Gasteiger partial charge is 0.128 e. The maximum atomic E-state index is 13.4. The van der Waals surface area contributed by atoms with Gasteiger partial charge in [0, 0.05) is 11.6 Å². The van der Waals surface area contributed by atoms with Gasteiger partial charge >= 0.3 is 0 Å². The SMILES string of the molecule is CCCCCCCOc1cc(F)cc(C#CCN)c1. The van der Waals surface area contributed by atoms with Crippen molar-refractivity contribution in [2.24, 2.45) is 5.73 Å². The fourth-order valence-corrected chi connectivity index (χ4v) is 1.77. The monoisotopic (exact) mass is 263 g/mol. The highest BCUT2D eigenvalue weighted by Crippen LogP contribution is 2.16. The average molecular weight is 263 g/mol. The zero-order valence-electron chi connectivity index (χ0n) is 11.5. The molecule has 19 heavy (non-hydrogen) atoms. The second kappa shape index (κ2) is 9.41. The third-order valence-electron chi connectivity index (χ3n) is 2.72. The van der Waals surface area contributed by atoms with E-state index in [1.165, 1.54) is 31.4 Å². The fourth-order valence-electron chi connectivity index (χ4n) is 1.77. The number of hydrogen-bond acceptors (Lipinski definition) is 2. The highest BCUT2D eigenvalue weighted by molar-refractivity contribution is 5.40. The van der Waals surface area contributed by atoms with E-state index in [1.807, 2.05) is 0 Å². The van der Waals surface area contributed by atoms with Gasteiger partial charge in [0.25, 0.3) is 0 Å². The molecule has 0 spiro atoms. The summed E-state index contributed by atoms with van der Waals surface area (Å²) >= 11 is 0. The molecular weight excluding hydrogens is 241 g/mol. The first kappa shape index (κ1) is 15.5. The Morgan fingerprint density at radius 3 is 2.68 bits per heavy atom. The maximum Gasteiger partial charge on any atom is 0.128 e. The summed E-state index contributed by atoms with van der Waals surface area (Å²) in [7, 11) is 0. The Bertz CT molecular complexity index is 434. The molecule has 3 heteroatoms. The van der Waals surface area contributed by atoms with Gasteiger partial charge in [0.2, 0.25) is 0 Å². The molecule has 0 bridgehead atoms. The third kappa shape index (κ3) is 6.83. The predicted octanol–water partition coefficient (Wildman–Crippen LogP) is 3.49. The van der Waals surface area contributed by atoms with Gasteiger partial charge in [0.15, 0.2) is 0 Å². The Kier molecular flexibility index (Phi) is 7.69. The highest BCUT2D eigenvalue weighted by Gasteiger charge is 2.00. The van der Waals surface area contributed by atoms with Crippen molar-refractivity contribution < 1.29 is 9.13 Å². The summed E-state index contributed by atoms with van der Waals surface area (Å²) in [4.78, 5) is 0. The van der Waals surface area contributed by atoms with Gasteiger partial charge < -0.3 is 10.5 Å². The van der Waals surface area contributed by atoms with Crippen LogP contribution < -0.4 is 10.5 Å². The third-order valence-corrected chi connectivity index (χ3v) is 2.72. The number of ether oxygens (including phenoxy) is 1. The number of halogens is 1. The van der Waals surface area contributed by atoms with Crippen LogP contribution in [0.1, 0.15) is 44.6 Å². The molecule has 0 aliphatic heterocycles. The molecule has 0 saturated heterocycles. The summed E-state index contributed by atoms with van der Waals surface area (Å²) in [5, 5.41) is 0. The lowest BCUT2D eigenvalue weighted by Crippen LogP contribution is -1.98. The number of nitrogens with two attached hydrogens (primary N) is 1. The molecule has 2 nitrogen and oxygen atoms in total. The molecule has 0 saturated carbocycles. The first-order valence-corrected chi connectivity index (χ1v) is 6.88. The quantitative estimate of drug-likeness (QED) is 0.604. The van der Waals surface area contributed by atoms with Crippen LogP contribution in [-0.4, -0.2) is 13.2 Å². The number of unbranched alkanes of at least 4 members (excludes halogenated alkanes) is 4. The average Bonchev–Trinajstić information content (AvgIpc) is 2.40. The van der Waals surface area contributed by atoms with Gasteiger partial charge in [-0.15, -0.1) is 0 Å². The van der Waals surface area contributed by atoms with Gasteiger partial charge in [-0.05, 0) is 18.6 Å². The summed E-state index contributed by atoms with van der Waals surface area (Å²) in [5.41, 5.74) is 5.90. The molecule has 104 valence electrons. The fraction of sp³-hybridized carbons (Fsp3) is 0.500. The first-order valence-electron chi connectivity index (χ1n) is 6.88. The molecular formula is C16H22FNO. The second-order valence-corrected chi connectivity index (χ2v) is 4.44. The minimum Gasteiger partial charge on any atom is -0.493 e. The van der Waals surface area contributed by atoms with E-state index < -0.39 is 0 Å². The lowest BCUT2D eigenvalue weighted by Gasteiger charge is -2.06. The standard InChI is InChI=1S/C16H22FNO/c1-2-3-4-5-6-10-19-16-12-14(8-7-9-18)11-15(17)13-16/h11-13H,2-6,9-10,18H2,1H3. The Labute approximate surface area is 115 Å². The van der Waals surface area contributed by atoms with Gasteiger partial charge in [0.1, 0.15) is 11.6 Å². The molecule has 1 aromatic carbocycles. The molecule has 1 rings (SSSR count). The van der Waals surface area contributed by atoms with Crippen LogP contribution in [0, 0.1) is 17.7 Å². The van der Waals surface area contributed by atoms with Crippen LogP contribution in [-0.2, 0) is 0 Å². The molecule has 0 fully saturated rings. The van der Waals surface area contributed by atoms with Crippen LogP contribution in [0.2, 0.25) is 0 Å². The lowest BCUT2D eigenvalue weighted by atomic mass is 10.2. The summed E-state index contributed by atoms with van der Waals surface area (Å²) in [5.74, 6) is 5.72. The second-order valence-electron chi connectivity index (χ2n) is 4.44. The zero-order valence-corrected chi connectivity index (χ0v) is 11.5. The van der Waals surface area contributed by atoms with Crippen molar-refractivity contribution in [2.45, 2.75) is 39.0 Å². The molecule has 0 radical (unpaired) electrons.